The minimum absolute atomic E-state index is 0.0855. The van der Waals surface area contributed by atoms with Crippen LogP contribution in [0.5, 0.6) is 11.6 Å². The Morgan fingerprint density at radius 1 is 1.18 bits per heavy atom. The van der Waals surface area contributed by atoms with Crippen LogP contribution < -0.4 is 10.1 Å². The summed E-state index contributed by atoms with van der Waals surface area (Å²) in [6, 6.07) is 8.46. The van der Waals surface area contributed by atoms with E-state index in [1.54, 1.807) is 6.08 Å². The van der Waals surface area contributed by atoms with Crippen LogP contribution >= 0.6 is 0 Å². The number of aromatic nitrogens is 4. The molecule has 2 bridgehead atoms. The van der Waals surface area contributed by atoms with E-state index in [0.717, 1.165) is 53.6 Å². The molecule has 8 nitrogen and oxygen atoms in total. The third kappa shape index (κ3) is 3.47. The van der Waals surface area contributed by atoms with Crippen molar-refractivity contribution in [1.29, 1.82) is 10.5 Å². The molecule has 2 aromatic heterocycles. The molecule has 8 heteroatoms. The highest BCUT2D eigenvalue weighted by Gasteiger charge is 2.69. The van der Waals surface area contributed by atoms with Gasteiger partial charge in [-0.2, -0.15) is 25.6 Å². The third-order valence-corrected chi connectivity index (χ3v) is 7.21. The van der Waals surface area contributed by atoms with Crippen molar-refractivity contribution < 1.29 is 4.74 Å². The van der Waals surface area contributed by atoms with Crippen molar-refractivity contribution in [3.63, 3.8) is 0 Å². The molecule has 34 heavy (non-hydrogen) atoms. The molecule has 0 amide bonds. The summed E-state index contributed by atoms with van der Waals surface area (Å²) in [5.41, 5.74) is 3.24. The summed E-state index contributed by atoms with van der Waals surface area (Å²) < 4.78 is 8.37. The smallest absolute Gasteiger partial charge is 0.235 e. The van der Waals surface area contributed by atoms with Gasteiger partial charge in [0.2, 0.25) is 11.8 Å². The van der Waals surface area contributed by atoms with E-state index < -0.39 is 0 Å². The lowest BCUT2D eigenvalue weighted by atomic mass is 9.40. The summed E-state index contributed by atoms with van der Waals surface area (Å²) >= 11 is 0. The molecule has 3 aromatic rings. The van der Waals surface area contributed by atoms with Crippen molar-refractivity contribution in [2.45, 2.75) is 58.0 Å². The quantitative estimate of drug-likeness (QED) is 0.501. The molecular formula is C26H25N7O. The summed E-state index contributed by atoms with van der Waals surface area (Å²) in [5.74, 6) is 2.39. The van der Waals surface area contributed by atoms with Crippen LogP contribution in [0.3, 0.4) is 0 Å². The van der Waals surface area contributed by atoms with Gasteiger partial charge < -0.3 is 10.1 Å². The van der Waals surface area contributed by atoms with Crippen molar-refractivity contribution in [3.8, 4) is 23.8 Å². The average Bonchev–Trinajstić information content (AvgIpc) is 3.47. The predicted octanol–water partition coefficient (Wildman–Crippen LogP) is 5.04. The van der Waals surface area contributed by atoms with Gasteiger partial charge in [0, 0.05) is 24.4 Å². The Hall–Kier alpha value is -3.91. The highest BCUT2D eigenvalue weighted by Crippen LogP contribution is 2.67. The zero-order valence-corrected chi connectivity index (χ0v) is 19.3. The second kappa shape index (κ2) is 7.30. The zero-order valence-electron chi connectivity index (χ0n) is 19.3. The number of rotatable bonds is 7. The molecule has 0 spiro atoms. The molecule has 4 saturated carbocycles. The number of nitrogens with one attached hydrogen (secondary N) is 1. The maximum Gasteiger partial charge on any atom is 0.235 e. The number of anilines is 1. The minimum atomic E-state index is -0.155. The Balaban J connectivity index is 1.35. The van der Waals surface area contributed by atoms with Crippen molar-refractivity contribution in [2.75, 3.05) is 5.32 Å². The molecule has 4 aliphatic rings. The van der Waals surface area contributed by atoms with E-state index in [9.17, 15) is 5.26 Å². The maximum atomic E-state index is 9.35. The molecular weight excluding hydrogens is 426 g/mol. The summed E-state index contributed by atoms with van der Waals surface area (Å²) in [7, 11) is 0. The topological polar surface area (TPSA) is 112 Å². The molecule has 7 rings (SSSR count). The second-order valence-corrected chi connectivity index (χ2v) is 10.3. The Kier molecular flexibility index (Phi) is 4.44. The van der Waals surface area contributed by atoms with Crippen molar-refractivity contribution in [2.24, 2.45) is 11.3 Å². The zero-order chi connectivity index (χ0) is 23.5. The second-order valence-electron chi connectivity index (χ2n) is 10.3. The van der Waals surface area contributed by atoms with Gasteiger partial charge in [-0.25, -0.2) is 0 Å². The summed E-state index contributed by atoms with van der Waals surface area (Å²) in [5, 5.41) is 27.2. The lowest BCUT2D eigenvalue weighted by Crippen LogP contribution is -2.70. The Morgan fingerprint density at radius 2 is 1.91 bits per heavy atom. The maximum absolute atomic E-state index is 9.35. The SMILES string of the molecule is Cc1cc(/C=C/C#N)cc(C)c1Oc1nc(NC23CC(C#N)(C2)C3)nc2nn(CC3CC3)cc12. The van der Waals surface area contributed by atoms with E-state index in [4.69, 9.17) is 25.1 Å². The molecule has 2 heterocycles. The fourth-order valence-electron chi connectivity index (χ4n) is 5.47. The highest BCUT2D eigenvalue weighted by atomic mass is 16.5. The van der Waals surface area contributed by atoms with Gasteiger partial charge in [-0.05, 0) is 86.8 Å². The highest BCUT2D eigenvalue weighted by molar-refractivity contribution is 5.81. The molecule has 0 atom stereocenters. The van der Waals surface area contributed by atoms with E-state index in [1.165, 1.54) is 18.9 Å². The number of aryl methyl sites for hydroxylation is 2. The molecule has 0 radical (unpaired) electrons. The number of hydrogen-bond acceptors (Lipinski definition) is 7. The lowest BCUT2D eigenvalue weighted by Gasteiger charge is -2.66. The van der Waals surface area contributed by atoms with E-state index in [-0.39, 0.29) is 11.0 Å². The largest absolute Gasteiger partial charge is 0.437 e. The predicted molar refractivity (Wildman–Crippen MR) is 127 cm³/mol. The molecule has 170 valence electrons. The number of fused-ring (bicyclic) bond motifs is 1. The van der Waals surface area contributed by atoms with Gasteiger partial charge in [-0.3, -0.25) is 4.68 Å². The standard InChI is InChI=1S/C26H25N7O/c1-16-8-19(4-3-7-27)9-17(2)21(16)34-23-20-11-33(10-18-5-6-18)32-22(20)29-24(30-23)31-26-12-25(13-26,14-26)15-28/h3-4,8-9,11,18H,5-6,10,12-14H2,1-2H3,(H,29,31,32)/b4-3+. The first kappa shape index (κ1) is 20.7. The number of nitrogens with zero attached hydrogens (tertiary/aromatic N) is 6. The molecule has 1 aromatic carbocycles. The van der Waals surface area contributed by atoms with Gasteiger partial charge in [0.05, 0.1) is 17.6 Å². The average molecular weight is 452 g/mol. The monoisotopic (exact) mass is 451 g/mol. The molecule has 4 aliphatic carbocycles. The van der Waals surface area contributed by atoms with Crippen LogP contribution in [0, 0.1) is 47.8 Å². The summed E-state index contributed by atoms with van der Waals surface area (Å²) in [4.78, 5) is 9.46. The van der Waals surface area contributed by atoms with Crippen LogP contribution in [0.4, 0.5) is 5.95 Å². The Bertz CT molecular complexity index is 1390. The number of nitriles is 2. The van der Waals surface area contributed by atoms with Crippen molar-refractivity contribution in [1.82, 2.24) is 19.7 Å². The summed E-state index contributed by atoms with van der Waals surface area (Å²) in [6.45, 7) is 4.86. The first-order chi connectivity index (χ1) is 16.4. The minimum Gasteiger partial charge on any atom is -0.437 e. The van der Waals surface area contributed by atoms with Crippen LogP contribution in [0.25, 0.3) is 17.1 Å². The van der Waals surface area contributed by atoms with Crippen molar-refractivity contribution in [3.05, 3.63) is 41.1 Å². The molecule has 4 fully saturated rings. The lowest BCUT2D eigenvalue weighted by molar-refractivity contribution is -0.0665. The van der Waals surface area contributed by atoms with E-state index in [0.29, 0.717) is 23.4 Å². The van der Waals surface area contributed by atoms with Gasteiger partial charge in [-0.15, -0.1) is 0 Å². The van der Waals surface area contributed by atoms with Crippen molar-refractivity contribution >= 4 is 23.1 Å². The normalized spacial score (nSPS) is 24.8. The van der Waals surface area contributed by atoms with Gasteiger partial charge in [-0.1, -0.05) is 0 Å². The van der Waals surface area contributed by atoms with Crippen LogP contribution in [0.1, 0.15) is 48.8 Å². The molecule has 0 aliphatic heterocycles. The molecule has 0 saturated heterocycles. The van der Waals surface area contributed by atoms with Crippen LogP contribution in [0.15, 0.2) is 24.4 Å². The first-order valence-electron chi connectivity index (χ1n) is 11.7. The van der Waals surface area contributed by atoms with Crippen LogP contribution in [-0.2, 0) is 6.54 Å². The molecule has 1 N–H and O–H groups in total. The van der Waals surface area contributed by atoms with E-state index in [2.05, 4.69) is 11.4 Å². The fraction of sp³-hybridized carbons (Fsp3) is 0.423. The van der Waals surface area contributed by atoms with Crippen LogP contribution in [0.2, 0.25) is 0 Å². The Labute approximate surface area is 197 Å². The number of ether oxygens (including phenoxy) is 1. The number of hydrogen-bond donors (Lipinski definition) is 1. The van der Waals surface area contributed by atoms with E-state index in [1.807, 2.05) is 42.9 Å². The number of benzene rings is 1. The van der Waals surface area contributed by atoms with Crippen LogP contribution in [-0.4, -0.2) is 25.3 Å². The van der Waals surface area contributed by atoms with Gasteiger partial charge in [0.1, 0.15) is 11.1 Å². The van der Waals surface area contributed by atoms with Gasteiger partial charge >= 0.3 is 0 Å². The number of allylic oxidation sites excluding steroid dienone is 1. The Morgan fingerprint density at radius 3 is 2.56 bits per heavy atom. The van der Waals surface area contributed by atoms with E-state index >= 15 is 0 Å². The third-order valence-electron chi connectivity index (χ3n) is 7.21. The summed E-state index contributed by atoms with van der Waals surface area (Å²) in [6.07, 6.45) is 10.2. The van der Waals surface area contributed by atoms with Gasteiger partial charge in [0.25, 0.3) is 0 Å². The first-order valence-corrected chi connectivity index (χ1v) is 11.7. The fourth-order valence-corrected chi connectivity index (χ4v) is 5.47. The molecule has 0 unspecified atom stereocenters. The van der Waals surface area contributed by atoms with Gasteiger partial charge in [0.15, 0.2) is 5.65 Å².